The summed E-state index contributed by atoms with van der Waals surface area (Å²) in [5, 5.41) is -0.348. The Bertz CT molecular complexity index is 1530. The molecule has 1 saturated carbocycles. The average molecular weight is 696 g/mol. The third kappa shape index (κ3) is 7.30. The molecule has 10 heteroatoms. The lowest BCUT2D eigenvalue weighted by Crippen LogP contribution is -2.58. The van der Waals surface area contributed by atoms with E-state index in [0.29, 0.717) is 55.1 Å². The van der Waals surface area contributed by atoms with E-state index in [-0.39, 0.29) is 28.4 Å². The lowest BCUT2D eigenvalue weighted by atomic mass is 9.56. The molecule has 1 aliphatic carbocycles. The number of nitrogens with zero attached hydrogens (tertiary/aromatic N) is 3. The van der Waals surface area contributed by atoms with E-state index in [9.17, 15) is 17.6 Å². The van der Waals surface area contributed by atoms with Gasteiger partial charge in [-0.1, -0.05) is 18.6 Å². The number of carbonyl (C=O) groups is 1. The van der Waals surface area contributed by atoms with E-state index in [1.54, 1.807) is 24.3 Å². The standard InChI is InChI=1S/C39H54FN3O5S/c1-47-38(44)23-30-5-2-8-37(30)39(28-42-17-4-18-42,32-6-3-7-33(40)24-32)31-13-19-41(20-14-31)25-29-26-43(27-29)34-9-11-35(12-10-34)49(45,46)36-15-21-48-22-16-36/h3,6-7,9-12,24,29-31,36-37H,2,4-5,8,13-23,25-28H2,1H3/t30-,37+,39+/m1/s1. The summed E-state index contributed by atoms with van der Waals surface area (Å²) in [6.07, 6.45) is 8.15. The number of hydrogen-bond acceptors (Lipinski definition) is 8. The van der Waals surface area contributed by atoms with E-state index < -0.39 is 9.84 Å². The predicted octanol–water partition coefficient (Wildman–Crippen LogP) is 5.55. The molecule has 0 unspecified atom stereocenters. The Balaban J connectivity index is 1.00. The minimum absolute atomic E-state index is 0.130. The summed E-state index contributed by atoms with van der Waals surface area (Å²) in [5.74, 6) is 1.28. The molecule has 4 saturated heterocycles. The van der Waals surface area contributed by atoms with Gasteiger partial charge in [0.05, 0.1) is 17.3 Å². The maximum absolute atomic E-state index is 15.0. The number of sulfone groups is 1. The fourth-order valence-electron chi connectivity index (χ4n) is 9.95. The molecule has 0 spiro atoms. The fraction of sp³-hybridized carbons (Fsp3) is 0.667. The number of anilines is 1. The van der Waals surface area contributed by atoms with Gasteiger partial charge in [0, 0.05) is 62.8 Å². The minimum atomic E-state index is -3.33. The highest BCUT2D eigenvalue weighted by atomic mass is 32.2. The summed E-state index contributed by atoms with van der Waals surface area (Å²) in [4.78, 5) is 20.5. The molecule has 2 aromatic carbocycles. The van der Waals surface area contributed by atoms with Crippen LogP contribution >= 0.6 is 0 Å². The summed E-state index contributed by atoms with van der Waals surface area (Å²) in [7, 11) is -1.84. The van der Waals surface area contributed by atoms with E-state index in [1.807, 2.05) is 18.2 Å². The molecule has 4 heterocycles. The van der Waals surface area contributed by atoms with E-state index in [0.717, 1.165) is 95.7 Å². The number of rotatable bonds is 12. The fourth-order valence-corrected chi connectivity index (χ4v) is 11.7. The second-order valence-corrected chi connectivity index (χ2v) is 17.7. The van der Waals surface area contributed by atoms with Crippen LogP contribution in [0.5, 0.6) is 0 Å². The molecule has 0 radical (unpaired) electrons. The Morgan fingerprint density at radius 1 is 0.918 bits per heavy atom. The van der Waals surface area contributed by atoms with Crippen LogP contribution in [0.15, 0.2) is 53.4 Å². The van der Waals surface area contributed by atoms with Gasteiger partial charge in [-0.3, -0.25) is 4.79 Å². The van der Waals surface area contributed by atoms with Crippen LogP contribution in [0.1, 0.15) is 63.4 Å². The van der Waals surface area contributed by atoms with Gasteiger partial charge in [-0.25, -0.2) is 12.8 Å². The summed E-state index contributed by atoms with van der Waals surface area (Å²) in [5.41, 5.74) is 2.02. The minimum Gasteiger partial charge on any atom is -0.469 e. The van der Waals surface area contributed by atoms with Crippen LogP contribution in [0.4, 0.5) is 10.1 Å². The van der Waals surface area contributed by atoms with Crippen LogP contribution in [0.2, 0.25) is 0 Å². The zero-order chi connectivity index (χ0) is 34.0. The monoisotopic (exact) mass is 695 g/mol. The predicted molar refractivity (Wildman–Crippen MR) is 189 cm³/mol. The highest BCUT2D eigenvalue weighted by Crippen LogP contribution is 2.54. The number of methoxy groups -OCH3 is 1. The van der Waals surface area contributed by atoms with Crippen molar-refractivity contribution in [1.29, 1.82) is 0 Å². The Kier molecular flexibility index (Phi) is 10.7. The third-order valence-electron chi connectivity index (χ3n) is 12.7. The largest absolute Gasteiger partial charge is 0.469 e. The van der Waals surface area contributed by atoms with Crippen LogP contribution in [0, 0.1) is 29.5 Å². The Morgan fingerprint density at radius 2 is 1.65 bits per heavy atom. The Morgan fingerprint density at radius 3 is 2.31 bits per heavy atom. The Labute approximate surface area is 292 Å². The van der Waals surface area contributed by atoms with Crippen LogP contribution in [-0.4, -0.2) is 102 Å². The molecule has 4 aliphatic heterocycles. The van der Waals surface area contributed by atoms with Crippen LogP contribution < -0.4 is 4.90 Å². The zero-order valence-corrected chi connectivity index (χ0v) is 29.9. The van der Waals surface area contributed by atoms with Crippen molar-refractivity contribution in [1.82, 2.24) is 9.80 Å². The lowest BCUT2D eigenvalue weighted by molar-refractivity contribution is -0.142. The van der Waals surface area contributed by atoms with Crippen molar-refractivity contribution in [2.24, 2.45) is 23.7 Å². The summed E-state index contributed by atoms with van der Waals surface area (Å²) >= 11 is 0. The number of carbonyl (C=O) groups excluding carboxylic acids is 1. The SMILES string of the molecule is COC(=O)C[C@H]1CCC[C@@H]1[C@](CN1CCC1)(c1cccc(F)c1)C1CCN(CC2CN(c3ccc(S(=O)(=O)C4CCOCC4)cc3)C2)CC1. The number of halogens is 1. The van der Waals surface area contributed by atoms with Crippen molar-refractivity contribution in [3.63, 3.8) is 0 Å². The van der Waals surface area contributed by atoms with Gasteiger partial charge >= 0.3 is 5.97 Å². The number of esters is 1. The second kappa shape index (κ2) is 15.0. The van der Waals surface area contributed by atoms with Crippen molar-refractivity contribution in [3.8, 4) is 0 Å². The van der Waals surface area contributed by atoms with Gasteiger partial charge < -0.3 is 24.2 Å². The first-order chi connectivity index (χ1) is 23.8. The number of likely N-dealkylation sites (tertiary alicyclic amines) is 2. The molecule has 2 aromatic rings. The molecule has 8 nitrogen and oxygen atoms in total. The van der Waals surface area contributed by atoms with E-state index in [4.69, 9.17) is 9.47 Å². The topological polar surface area (TPSA) is 79.4 Å². The van der Waals surface area contributed by atoms with Crippen molar-refractivity contribution >= 4 is 21.5 Å². The van der Waals surface area contributed by atoms with Gasteiger partial charge in [0.2, 0.25) is 0 Å². The van der Waals surface area contributed by atoms with Crippen LogP contribution in [-0.2, 0) is 29.5 Å². The first-order valence-electron chi connectivity index (χ1n) is 18.7. The summed E-state index contributed by atoms with van der Waals surface area (Å²) in [6.45, 7) is 9.24. The Hall–Kier alpha value is -2.53. The highest BCUT2D eigenvalue weighted by molar-refractivity contribution is 7.92. The number of ether oxygens (including phenoxy) is 2. The van der Waals surface area contributed by atoms with Crippen molar-refractivity contribution in [2.75, 3.05) is 77.6 Å². The molecule has 268 valence electrons. The van der Waals surface area contributed by atoms with E-state index >= 15 is 0 Å². The smallest absolute Gasteiger partial charge is 0.305 e. The van der Waals surface area contributed by atoms with Gasteiger partial charge in [0.1, 0.15) is 5.82 Å². The maximum atomic E-state index is 15.0. The van der Waals surface area contributed by atoms with E-state index in [1.165, 1.54) is 13.5 Å². The van der Waals surface area contributed by atoms with Crippen molar-refractivity contribution < 1.29 is 27.1 Å². The van der Waals surface area contributed by atoms with Gasteiger partial charge in [-0.15, -0.1) is 0 Å². The quantitative estimate of drug-likeness (QED) is 0.268. The lowest BCUT2D eigenvalue weighted by Gasteiger charge is -2.54. The molecule has 7 rings (SSSR count). The van der Waals surface area contributed by atoms with Crippen LogP contribution in [0.25, 0.3) is 0 Å². The summed E-state index contributed by atoms with van der Waals surface area (Å²) < 4.78 is 51.7. The molecule has 0 bridgehead atoms. The van der Waals surface area contributed by atoms with Crippen molar-refractivity contribution in [3.05, 3.63) is 59.9 Å². The van der Waals surface area contributed by atoms with Crippen LogP contribution in [0.3, 0.4) is 0 Å². The average Bonchev–Trinajstić information content (AvgIpc) is 3.55. The second-order valence-electron chi connectivity index (χ2n) is 15.5. The molecule has 5 aliphatic rings. The third-order valence-corrected chi connectivity index (χ3v) is 15.0. The molecule has 49 heavy (non-hydrogen) atoms. The first-order valence-corrected chi connectivity index (χ1v) is 20.2. The number of benzene rings is 2. The first kappa shape index (κ1) is 34.9. The summed E-state index contributed by atoms with van der Waals surface area (Å²) in [6, 6.07) is 14.9. The molecular weight excluding hydrogens is 642 g/mol. The van der Waals surface area contributed by atoms with Gasteiger partial charge in [0.25, 0.3) is 0 Å². The highest BCUT2D eigenvalue weighted by Gasteiger charge is 2.53. The molecular formula is C39H54FN3O5S. The van der Waals surface area contributed by atoms with Gasteiger partial charge in [-0.05, 0) is 131 Å². The molecule has 5 fully saturated rings. The van der Waals surface area contributed by atoms with Gasteiger partial charge in [0.15, 0.2) is 9.84 Å². The number of hydrogen-bond donors (Lipinski definition) is 0. The normalized spacial score (nSPS) is 26.2. The van der Waals surface area contributed by atoms with Crippen molar-refractivity contribution in [2.45, 2.75) is 73.3 Å². The molecule has 3 atom stereocenters. The molecule has 0 aromatic heterocycles. The maximum Gasteiger partial charge on any atom is 0.305 e. The van der Waals surface area contributed by atoms with Gasteiger partial charge in [-0.2, -0.15) is 0 Å². The molecule has 0 amide bonds. The number of piperidine rings is 1. The zero-order valence-electron chi connectivity index (χ0n) is 29.1. The van der Waals surface area contributed by atoms with E-state index in [2.05, 4.69) is 20.8 Å². The molecule has 0 N–H and O–H groups in total.